The van der Waals surface area contributed by atoms with Crippen molar-refractivity contribution in [1.82, 2.24) is 10.6 Å². The van der Waals surface area contributed by atoms with E-state index in [1.165, 1.54) is 6.92 Å². The summed E-state index contributed by atoms with van der Waals surface area (Å²) in [7, 11) is 0. The Balaban J connectivity index is 2.38. The maximum absolute atomic E-state index is 11.6. The third kappa shape index (κ3) is 4.50. The number of hydrogen-bond acceptors (Lipinski definition) is 4. The molecule has 0 spiro atoms. The molecule has 0 aromatic carbocycles. The predicted molar refractivity (Wildman–Crippen MR) is 63.0 cm³/mol. The molecule has 5 N–H and O–H groups in total. The Morgan fingerprint density at radius 3 is 2.22 bits per heavy atom. The molecule has 1 aliphatic rings. The van der Waals surface area contributed by atoms with Crippen molar-refractivity contribution in [2.75, 3.05) is 0 Å². The van der Waals surface area contributed by atoms with Gasteiger partial charge in [0.25, 0.3) is 0 Å². The van der Waals surface area contributed by atoms with Crippen molar-refractivity contribution in [3.05, 3.63) is 0 Å². The van der Waals surface area contributed by atoms with Gasteiger partial charge in [-0.05, 0) is 32.6 Å². The van der Waals surface area contributed by atoms with E-state index >= 15 is 0 Å². The molecule has 0 radical (unpaired) electrons. The van der Waals surface area contributed by atoms with Gasteiger partial charge in [-0.15, -0.1) is 0 Å². The quantitative estimate of drug-likeness (QED) is 0.463. The first kappa shape index (κ1) is 14.7. The van der Waals surface area contributed by atoms with Crippen molar-refractivity contribution >= 4 is 12.0 Å². The number of carboxylic acids is 1. The van der Waals surface area contributed by atoms with Gasteiger partial charge < -0.3 is 26.0 Å². The molecular formula is C11H20N2O5. The van der Waals surface area contributed by atoms with E-state index in [-0.39, 0.29) is 12.1 Å². The number of carboxylic acid groups (broad SMARTS) is 1. The third-order valence-electron chi connectivity index (χ3n) is 3.07. The summed E-state index contributed by atoms with van der Waals surface area (Å²) < 4.78 is 0. The van der Waals surface area contributed by atoms with Crippen molar-refractivity contribution in [3.8, 4) is 0 Å². The standard InChI is InChI=1S/C11H20N2O5/c1-6(14)9(10(16)17)13-11(18)12-7-2-4-8(15)5-3-7/h6-9,14-15H,2-5H2,1H3,(H,16,17)(H2,12,13,18)/t6-,7?,8?,9+/m1/s1. The van der Waals surface area contributed by atoms with Crippen LogP contribution in [-0.2, 0) is 4.79 Å². The van der Waals surface area contributed by atoms with Crippen LogP contribution < -0.4 is 10.6 Å². The topological polar surface area (TPSA) is 119 Å². The molecule has 104 valence electrons. The van der Waals surface area contributed by atoms with Crippen LogP contribution in [0.15, 0.2) is 0 Å². The van der Waals surface area contributed by atoms with Crippen LogP contribution >= 0.6 is 0 Å². The smallest absolute Gasteiger partial charge is 0.328 e. The van der Waals surface area contributed by atoms with Gasteiger partial charge in [0, 0.05) is 6.04 Å². The minimum atomic E-state index is -1.32. The fourth-order valence-corrected chi connectivity index (χ4v) is 1.98. The average molecular weight is 260 g/mol. The largest absolute Gasteiger partial charge is 0.480 e. The highest BCUT2D eigenvalue weighted by Gasteiger charge is 2.26. The third-order valence-corrected chi connectivity index (χ3v) is 3.07. The summed E-state index contributed by atoms with van der Waals surface area (Å²) >= 11 is 0. The number of carbonyl (C=O) groups excluding carboxylic acids is 1. The van der Waals surface area contributed by atoms with Crippen molar-refractivity contribution in [2.45, 2.75) is 56.9 Å². The monoisotopic (exact) mass is 260 g/mol. The van der Waals surface area contributed by atoms with E-state index in [2.05, 4.69) is 10.6 Å². The Hall–Kier alpha value is -1.34. The van der Waals surface area contributed by atoms with E-state index < -0.39 is 24.1 Å². The van der Waals surface area contributed by atoms with Gasteiger partial charge in [-0.1, -0.05) is 0 Å². The van der Waals surface area contributed by atoms with Crippen LogP contribution in [0.3, 0.4) is 0 Å². The van der Waals surface area contributed by atoms with Crippen molar-refractivity contribution in [3.63, 3.8) is 0 Å². The lowest BCUT2D eigenvalue weighted by Crippen LogP contribution is -2.53. The molecule has 0 aromatic rings. The normalized spacial score (nSPS) is 27.1. The second kappa shape index (κ2) is 6.55. The lowest BCUT2D eigenvalue weighted by molar-refractivity contribution is -0.141. The summed E-state index contributed by atoms with van der Waals surface area (Å²) in [5.41, 5.74) is 0. The number of hydrogen-bond donors (Lipinski definition) is 5. The molecule has 1 saturated carbocycles. The van der Waals surface area contributed by atoms with Gasteiger partial charge in [0.1, 0.15) is 0 Å². The summed E-state index contributed by atoms with van der Waals surface area (Å²) in [5.74, 6) is -1.28. The zero-order valence-corrected chi connectivity index (χ0v) is 10.3. The van der Waals surface area contributed by atoms with Gasteiger partial charge in [-0.3, -0.25) is 0 Å². The Morgan fingerprint density at radius 1 is 1.22 bits per heavy atom. The van der Waals surface area contributed by atoms with Crippen molar-refractivity contribution in [2.24, 2.45) is 0 Å². The first-order valence-corrected chi connectivity index (χ1v) is 6.06. The number of urea groups is 1. The van der Waals surface area contributed by atoms with E-state index in [1.807, 2.05) is 0 Å². The fourth-order valence-electron chi connectivity index (χ4n) is 1.98. The second-order valence-corrected chi connectivity index (χ2v) is 4.68. The van der Waals surface area contributed by atoms with E-state index in [0.717, 1.165) is 0 Å². The minimum absolute atomic E-state index is 0.0585. The number of rotatable bonds is 4. The van der Waals surface area contributed by atoms with E-state index in [9.17, 15) is 19.8 Å². The highest BCUT2D eigenvalue weighted by Crippen LogP contribution is 2.18. The highest BCUT2D eigenvalue weighted by atomic mass is 16.4. The summed E-state index contributed by atoms with van der Waals surface area (Å²) in [6.45, 7) is 1.30. The van der Waals surface area contributed by atoms with Gasteiger partial charge in [0.2, 0.25) is 0 Å². The number of aliphatic carboxylic acids is 1. The van der Waals surface area contributed by atoms with Crippen LogP contribution in [0.1, 0.15) is 32.6 Å². The van der Waals surface area contributed by atoms with Crippen LogP contribution in [-0.4, -0.2) is 51.6 Å². The predicted octanol–water partition coefficient (Wildman–Crippen LogP) is -0.577. The minimum Gasteiger partial charge on any atom is -0.480 e. The van der Waals surface area contributed by atoms with Gasteiger partial charge in [-0.25, -0.2) is 9.59 Å². The van der Waals surface area contributed by atoms with Gasteiger partial charge in [-0.2, -0.15) is 0 Å². The Labute approximate surface area is 105 Å². The van der Waals surface area contributed by atoms with Gasteiger partial charge in [0.05, 0.1) is 12.2 Å². The number of carbonyl (C=O) groups is 2. The molecule has 1 fully saturated rings. The van der Waals surface area contributed by atoms with Gasteiger partial charge >= 0.3 is 12.0 Å². The SMILES string of the molecule is C[C@@H](O)[C@H](NC(=O)NC1CCC(O)CC1)C(=O)O. The molecule has 18 heavy (non-hydrogen) atoms. The van der Waals surface area contributed by atoms with E-state index in [1.54, 1.807) is 0 Å². The number of aliphatic hydroxyl groups excluding tert-OH is 2. The molecule has 0 aromatic heterocycles. The van der Waals surface area contributed by atoms with Crippen LogP contribution in [0.4, 0.5) is 4.79 Å². The highest BCUT2D eigenvalue weighted by molar-refractivity contribution is 5.83. The Kier molecular flexibility index (Phi) is 5.36. The molecule has 0 bridgehead atoms. The lowest BCUT2D eigenvalue weighted by atomic mass is 9.93. The number of aliphatic hydroxyl groups is 2. The fraction of sp³-hybridized carbons (Fsp3) is 0.818. The van der Waals surface area contributed by atoms with E-state index in [4.69, 9.17) is 5.11 Å². The molecule has 0 saturated heterocycles. The Bertz CT molecular complexity index is 300. The average Bonchev–Trinajstić information content (AvgIpc) is 2.28. The van der Waals surface area contributed by atoms with Gasteiger partial charge in [0.15, 0.2) is 6.04 Å². The molecule has 0 unspecified atom stereocenters. The summed E-state index contributed by atoms with van der Waals surface area (Å²) in [6.07, 6.45) is 1.12. The maximum Gasteiger partial charge on any atom is 0.328 e. The lowest BCUT2D eigenvalue weighted by Gasteiger charge is -2.27. The first-order valence-electron chi connectivity index (χ1n) is 6.06. The molecule has 1 rings (SSSR count). The molecule has 2 atom stereocenters. The summed E-state index contributed by atoms with van der Waals surface area (Å²) in [6, 6.07) is -1.99. The zero-order chi connectivity index (χ0) is 13.7. The van der Waals surface area contributed by atoms with Crippen molar-refractivity contribution in [1.29, 1.82) is 0 Å². The Morgan fingerprint density at radius 2 is 1.78 bits per heavy atom. The van der Waals surface area contributed by atoms with Crippen LogP contribution in [0.5, 0.6) is 0 Å². The van der Waals surface area contributed by atoms with Crippen LogP contribution in [0, 0.1) is 0 Å². The number of amides is 2. The molecule has 2 amide bonds. The molecule has 7 heteroatoms. The summed E-state index contributed by atoms with van der Waals surface area (Å²) in [4.78, 5) is 22.3. The maximum atomic E-state index is 11.6. The first-order chi connectivity index (χ1) is 8.40. The number of nitrogens with one attached hydrogen (secondary N) is 2. The molecule has 7 nitrogen and oxygen atoms in total. The van der Waals surface area contributed by atoms with Crippen molar-refractivity contribution < 1.29 is 24.9 Å². The zero-order valence-electron chi connectivity index (χ0n) is 10.3. The van der Waals surface area contributed by atoms with E-state index in [0.29, 0.717) is 25.7 Å². The van der Waals surface area contributed by atoms with Crippen LogP contribution in [0.2, 0.25) is 0 Å². The summed E-state index contributed by atoms with van der Waals surface area (Å²) in [5, 5.41) is 32.2. The van der Waals surface area contributed by atoms with Crippen LogP contribution in [0.25, 0.3) is 0 Å². The molecule has 0 aliphatic heterocycles. The molecule has 0 heterocycles. The molecule has 1 aliphatic carbocycles. The second-order valence-electron chi connectivity index (χ2n) is 4.68. The molecular weight excluding hydrogens is 240 g/mol.